The molecule has 3 rings (SSSR count). The first-order valence-electron chi connectivity index (χ1n) is 7.94. The van der Waals surface area contributed by atoms with Gasteiger partial charge in [0.05, 0.1) is 11.4 Å². The van der Waals surface area contributed by atoms with Gasteiger partial charge in [-0.1, -0.05) is 42.1 Å². The van der Waals surface area contributed by atoms with Gasteiger partial charge in [-0.2, -0.15) is 0 Å². The molecule has 0 aliphatic carbocycles. The van der Waals surface area contributed by atoms with Gasteiger partial charge in [0.15, 0.2) is 11.0 Å². The van der Waals surface area contributed by atoms with Crippen LogP contribution < -0.4 is 5.32 Å². The number of nitrogens with zero attached hydrogens (tertiary/aromatic N) is 3. The van der Waals surface area contributed by atoms with Crippen LogP contribution in [0.4, 0.5) is 14.5 Å². The maximum absolute atomic E-state index is 13.6. The van der Waals surface area contributed by atoms with E-state index >= 15 is 0 Å². The smallest absolute Gasteiger partial charge is 0.234 e. The molecular weight excluding hydrogens is 358 g/mol. The quantitative estimate of drug-likeness (QED) is 0.663. The van der Waals surface area contributed by atoms with Crippen LogP contribution in [0.2, 0.25) is 0 Å². The summed E-state index contributed by atoms with van der Waals surface area (Å²) in [7, 11) is 0. The van der Waals surface area contributed by atoms with Crippen molar-refractivity contribution in [1.29, 1.82) is 0 Å². The van der Waals surface area contributed by atoms with Crippen molar-refractivity contribution in [3.05, 3.63) is 60.2 Å². The molecule has 0 unspecified atom stereocenters. The molecule has 1 aromatic heterocycles. The number of hydrogen-bond acceptors (Lipinski definition) is 4. The summed E-state index contributed by atoms with van der Waals surface area (Å²) in [6, 6.07) is 12.5. The van der Waals surface area contributed by atoms with Gasteiger partial charge in [-0.15, -0.1) is 10.2 Å². The third kappa shape index (κ3) is 4.08. The van der Waals surface area contributed by atoms with E-state index in [9.17, 15) is 13.6 Å². The molecule has 2 aromatic carbocycles. The Balaban J connectivity index is 1.69. The molecule has 0 atom stereocenters. The van der Waals surface area contributed by atoms with Crippen molar-refractivity contribution < 1.29 is 13.6 Å². The predicted octanol–water partition coefficient (Wildman–Crippen LogP) is 3.97. The number of benzene rings is 2. The van der Waals surface area contributed by atoms with Crippen molar-refractivity contribution in [1.82, 2.24) is 14.8 Å². The predicted molar refractivity (Wildman–Crippen MR) is 96.8 cm³/mol. The highest BCUT2D eigenvalue weighted by molar-refractivity contribution is 7.99. The summed E-state index contributed by atoms with van der Waals surface area (Å²) in [5.74, 6) is -1.04. The number of hydrogen-bond donors (Lipinski definition) is 1. The van der Waals surface area contributed by atoms with E-state index in [1.165, 1.54) is 11.8 Å². The maximum Gasteiger partial charge on any atom is 0.234 e. The second-order valence-electron chi connectivity index (χ2n) is 5.38. The number of thioether (sulfide) groups is 1. The minimum absolute atomic E-state index is 0.00285. The number of rotatable bonds is 6. The highest BCUT2D eigenvalue weighted by atomic mass is 32.2. The van der Waals surface area contributed by atoms with Crippen LogP contribution >= 0.6 is 11.8 Å². The Morgan fingerprint density at radius 3 is 2.65 bits per heavy atom. The second-order valence-corrected chi connectivity index (χ2v) is 6.32. The standard InChI is InChI=1S/C18H16F2N4OS/c1-2-24-17(12-6-4-3-5-7-12)22-23-18(24)26-11-16(25)21-15-10-13(19)8-9-14(15)20/h3-10H,2,11H2,1H3,(H,21,25). The minimum atomic E-state index is -0.687. The lowest BCUT2D eigenvalue weighted by Crippen LogP contribution is -2.15. The summed E-state index contributed by atoms with van der Waals surface area (Å²) >= 11 is 1.19. The molecule has 8 heteroatoms. The van der Waals surface area contributed by atoms with Gasteiger partial charge in [0.25, 0.3) is 0 Å². The number of carbonyl (C=O) groups excluding carboxylic acids is 1. The van der Waals surface area contributed by atoms with E-state index in [1.807, 2.05) is 41.8 Å². The molecule has 0 saturated heterocycles. The normalized spacial score (nSPS) is 10.7. The van der Waals surface area contributed by atoms with Gasteiger partial charge in [0.2, 0.25) is 5.91 Å². The molecule has 0 radical (unpaired) electrons. The van der Waals surface area contributed by atoms with E-state index in [4.69, 9.17) is 0 Å². The van der Waals surface area contributed by atoms with Crippen molar-refractivity contribution in [2.45, 2.75) is 18.6 Å². The maximum atomic E-state index is 13.6. The van der Waals surface area contributed by atoms with Crippen LogP contribution in [0.25, 0.3) is 11.4 Å². The largest absolute Gasteiger partial charge is 0.323 e. The summed E-state index contributed by atoms with van der Waals surface area (Å²) in [6.45, 7) is 2.60. The lowest BCUT2D eigenvalue weighted by atomic mass is 10.2. The Morgan fingerprint density at radius 1 is 1.15 bits per heavy atom. The third-order valence-electron chi connectivity index (χ3n) is 3.60. The molecule has 26 heavy (non-hydrogen) atoms. The highest BCUT2D eigenvalue weighted by Gasteiger charge is 2.15. The van der Waals surface area contributed by atoms with E-state index in [0.29, 0.717) is 17.5 Å². The molecule has 5 nitrogen and oxygen atoms in total. The van der Waals surface area contributed by atoms with Gasteiger partial charge >= 0.3 is 0 Å². The Bertz CT molecular complexity index is 915. The Hall–Kier alpha value is -2.74. The fourth-order valence-electron chi connectivity index (χ4n) is 2.39. The first-order chi connectivity index (χ1) is 12.6. The molecule has 3 aromatic rings. The lowest BCUT2D eigenvalue weighted by Gasteiger charge is -2.08. The topological polar surface area (TPSA) is 59.8 Å². The molecule has 0 bridgehead atoms. The van der Waals surface area contributed by atoms with Crippen LogP contribution in [0.5, 0.6) is 0 Å². The van der Waals surface area contributed by atoms with Crippen LogP contribution in [-0.2, 0) is 11.3 Å². The summed E-state index contributed by atoms with van der Waals surface area (Å²) < 4.78 is 28.7. The van der Waals surface area contributed by atoms with Crippen LogP contribution in [0.15, 0.2) is 53.7 Å². The summed E-state index contributed by atoms with van der Waals surface area (Å²) in [5, 5.41) is 11.3. The monoisotopic (exact) mass is 374 g/mol. The van der Waals surface area contributed by atoms with E-state index in [0.717, 1.165) is 23.8 Å². The van der Waals surface area contributed by atoms with Crippen molar-refractivity contribution in [3.8, 4) is 11.4 Å². The third-order valence-corrected chi connectivity index (χ3v) is 4.57. The first kappa shape index (κ1) is 18.1. The van der Waals surface area contributed by atoms with Crippen molar-refractivity contribution in [2.24, 2.45) is 0 Å². The number of anilines is 1. The number of nitrogens with one attached hydrogen (secondary N) is 1. The van der Waals surface area contributed by atoms with Crippen LogP contribution in [-0.4, -0.2) is 26.4 Å². The van der Waals surface area contributed by atoms with Gasteiger partial charge in [0, 0.05) is 18.2 Å². The molecular formula is C18H16F2N4OS. The van der Waals surface area contributed by atoms with Crippen molar-refractivity contribution >= 4 is 23.4 Å². The molecule has 1 heterocycles. The second kappa shape index (κ2) is 8.09. The Morgan fingerprint density at radius 2 is 1.92 bits per heavy atom. The Kier molecular flexibility index (Phi) is 5.62. The molecule has 0 aliphatic rings. The molecule has 0 saturated carbocycles. The first-order valence-corrected chi connectivity index (χ1v) is 8.93. The summed E-state index contributed by atoms with van der Waals surface area (Å²) in [6.07, 6.45) is 0. The van der Waals surface area contributed by atoms with Crippen LogP contribution in [0.3, 0.4) is 0 Å². The number of halogens is 2. The zero-order valence-electron chi connectivity index (χ0n) is 13.9. The SMILES string of the molecule is CCn1c(SCC(=O)Nc2cc(F)ccc2F)nnc1-c1ccccc1. The zero-order chi connectivity index (χ0) is 18.5. The fraction of sp³-hybridized carbons (Fsp3) is 0.167. The van der Waals surface area contributed by atoms with Gasteiger partial charge in [0.1, 0.15) is 11.6 Å². The average molecular weight is 374 g/mol. The van der Waals surface area contributed by atoms with E-state index in [-0.39, 0.29) is 11.4 Å². The number of carbonyl (C=O) groups is 1. The molecule has 134 valence electrons. The fourth-order valence-corrected chi connectivity index (χ4v) is 3.19. The van der Waals surface area contributed by atoms with Gasteiger partial charge in [-0.05, 0) is 19.1 Å². The number of amides is 1. The molecule has 0 spiro atoms. The lowest BCUT2D eigenvalue weighted by molar-refractivity contribution is -0.113. The van der Waals surface area contributed by atoms with E-state index < -0.39 is 17.5 Å². The minimum Gasteiger partial charge on any atom is -0.323 e. The van der Waals surface area contributed by atoms with Crippen molar-refractivity contribution in [2.75, 3.05) is 11.1 Å². The summed E-state index contributed by atoms with van der Waals surface area (Å²) in [4.78, 5) is 12.0. The summed E-state index contributed by atoms with van der Waals surface area (Å²) in [5.41, 5.74) is 0.748. The zero-order valence-corrected chi connectivity index (χ0v) is 14.8. The molecule has 1 amide bonds. The Labute approximate surface area is 153 Å². The van der Waals surface area contributed by atoms with Gasteiger partial charge in [-0.25, -0.2) is 8.78 Å². The van der Waals surface area contributed by atoms with Gasteiger partial charge in [-0.3, -0.25) is 4.79 Å². The van der Waals surface area contributed by atoms with Crippen molar-refractivity contribution in [3.63, 3.8) is 0 Å². The average Bonchev–Trinajstić information content (AvgIpc) is 3.06. The highest BCUT2D eigenvalue weighted by Crippen LogP contribution is 2.24. The molecule has 0 fully saturated rings. The van der Waals surface area contributed by atoms with Crippen LogP contribution in [0, 0.1) is 11.6 Å². The van der Waals surface area contributed by atoms with E-state index in [2.05, 4.69) is 15.5 Å². The number of aromatic nitrogens is 3. The molecule has 0 aliphatic heterocycles. The van der Waals surface area contributed by atoms with Crippen LogP contribution in [0.1, 0.15) is 6.92 Å². The molecule has 1 N–H and O–H groups in total. The van der Waals surface area contributed by atoms with Gasteiger partial charge < -0.3 is 9.88 Å². The van der Waals surface area contributed by atoms with E-state index in [1.54, 1.807) is 0 Å².